The van der Waals surface area contributed by atoms with Crippen LogP contribution in [-0.4, -0.2) is 45.4 Å². The Labute approximate surface area is 84.9 Å². The summed E-state index contributed by atoms with van der Waals surface area (Å²) >= 11 is 0. The highest BCUT2D eigenvalue weighted by Gasteiger charge is 2.04. The average molecular weight is 204 g/mol. The van der Waals surface area contributed by atoms with E-state index in [4.69, 9.17) is 15.2 Å². The van der Waals surface area contributed by atoms with Gasteiger partial charge in [-0.1, -0.05) is 0 Å². The van der Waals surface area contributed by atoms with E-state index in [9.17, 15) is 4.79 Å². The molecule has 0 rings (SSSR count). The molecular formula is C9H20N2O3. The molecule has 0 aliphatic carbocycles. The highest BCUT2D eigenvalue weighted by atomic mass is 16.5. The molecule has 0 aliphatic heterocycles. The molecule has 5 nitrogen and oxygen atoms in total. The Kier molecular flexibility index (Phi) is 8.51. The van der Waals surface area contributed by atoms with Crippen LogP contribution in [0.2, 0.25) is 0 Å². The van der Waals surface area contributed by atoms with Gasteiger partial charge in [-0.2, -0.15) is 0 Å². The molecule has 84 valence electrons. The molecule has 0 bridgehead atoms. The van der Waals surface area contributed by atoms with E-state index in [0.717, 1.165) is 6.42 Å². The number of nitrogens with one attached hydrogen (secondary N) is 1. The van der Waals surface area contributed by atoms with E-state index >= 15 is 0 Å². The number of ether oxygens (including phenoxy) is 2. The van der Waals surface area contributed by atoms with Gasteiger partial charge in [0, 0.05) is 20.3 Å². The zero-order valence-electron chi connectivity index (χ0n) is 8.91. The fraction of sp³-hybridized carbons (Fsp3) is 0.889. The van der Waals surface area contributed by atoms with Gasteiger partial charge in [0.05, 0.1) is 19.3 Å². The van der Waals surface area contributed by atoms with Crippen molar-refractivity contribution in [3.8, 4) is 0 Å². The minimum Gasteiger partial charge on any atom is -0.382 e. The van der Waals surface area contributed by atoms with Crippen molar-refractivity contribution in [2.45, 2.75) is 19.4 Å². The van der Waals surface area contributed by atoms with Crippen LogP contribution < -0.4 is 11.1 Å². The lowest BCUT2D eigenvalue weighted by Gasteiger charge is -2.07. The lowest BCUT2D eigenvalue weighted by molar-refractivity contribution is -0.122. The zero-order valence-corrected chi connectivity index (χ0v) is 8.91. The molecule has 0 spiro atoms. The first-order chi connectivity index (χ1) is 6.68. The lowest BCUT2D eigenvalue weighted by Crippen LogP contribution is -2.38. The third-order valence-corrected chi connectivity index (χ3v) is 1.61. The Bertz CT molecular complexity index is 151. The van der Waals surface area contributed by atoms with Gasteiger partial charge >= 0.3 is 0 Å². The van der Waals surface area contributed by atoms with Crippen molar-refractivity contribution in [2.75, 3.05) is 33.5 Å². The van der Waals surface area contributed by atoms with Crippen molar-refractivity contribution >= 4 is 5.91 Å². The fourth-order valence-corrected chi connectivity index (χ4v) is 0.791. The second kappa shape index (κ2) is 8.93. The molecule has 0 aromatic carbocycles. The lowest BCUT2D eigenvalue weighted by atomic mass is 10.3. The summed E-state index contributed by atoms with van der Waals surface area (Å²) in [6.45, 7) is 4.09. The van der Waals surface area contributed by atoms with E-state index in [1.54, 1.807) is 14.0 Å². The third kappa shape index (κ3) is 7.97. The first-order valence-corrected chi connectivity index (χ1v) is 4.78. The van der Waals surface area contributed by atoms with Crippen LogP contribution in [0.4, 0.5) is 0 Å². The minimum absolute atomic E-state index is 0.123. The maximum Gasteiger partial charge on any atom is 0.236 e. The summed E-state index contributed by atoms with van der Waals surface area (Å²) in [4.78, 5) is 11.0. The van der Waals surface area contributed by atoms with E-state index < -0.39 is 6.04 Å². The van der Waals surface area contributed by atoms with Crippen molar-refractivity contribution < 1.29 is 14.3 Å². The predicted molar refractivity (Wildman–Crippen MR) is 54.0 cm³/mol. The number of methoxy groups -OCH3 is 1. The molecule has 1 unspecified atom stereocenters. The number of rotatable bonds is 8. The quantitative estimate of drug-likeness (QED) is 0.523. The summed E-state index contributed by atoms with van der Waals surface area (Å²) in [6.07, 6.45) is 0.794. The van der Waals surface area contributed by atoms with Gasteiger partial charge in [-0.25, -0.2) is 0 Å². The molecule has 0 radical (unpaired) electrons. The maximum absolute atomic E-state index is 11.0. The predicted octanol–water partition coefficient (Wildman–Crippen LogP) is -0.497. The largest absolute Gasteiger partial charge is 0.382 e. The molecule has 3 N–H and O–H groups in total. The Morgan fingerprint density at radius 3 is 2.71 bits per heavy atom. The smallest absolute Gasteiger partial charge is 0.236 e. The molecule has 0 saturated heterocycles. The number of carbonyl (C=O) groups is 1. The number of hydrogen-bond donors (Lipinski definition) is 2. The van der Waals surface area contributed by atoms with Gasteiger partial charge in [-0.3, -0.25) is 4.79 Å². The Morgan fingerprint density at radius 1 is 1.43 bits per heavy atom. The Hall–Kier alpha value is -0.650. The molecule has 1 atom stereocenters. The van der Waals surface area contributed by atoms with Crippen LogP contribution in [0.15, 0.2) is 0 Å². The topological polar surface area (TPSA) is 73.6 Å². The van der Waals surface area contributed by atoms with E-state index in [1.165, 1.54) is 0 Å². The summed E-state index contributed by atoms with van der Waals surface area (Å²) in [5, 5.41) is 2.70. The van der Waals surface area contributed by atoms with Gasteiger partial charge in [-0.05, 0) is 13.3 Å². The van der Waals surface area contributed by atoms with Crippen LogP contribution in [0.1, 0.15) is 13.3 Å². The second-order valence-electron chi connectivity index (χ2n) is 3.04. The fourth-order valence-electron chi connectivity index (χ4n) is 0.791. The van der Waals surface area contributed by atoms with Gasteiger partial charge in [-0.15, -0.1) is 0 Å². The van der Waals surface area contributed by atoms with E-state index in [0.29, 0.717) is 26.4 Å². The zero-order chi connectivity index (χ0) is 10.8. The van der Waals surface area contributed by atoms with Crippen LogP contribution in [0.5, 0.6) is 0 Å². The van der Waals surface area contributed by atoms with E-state index in [1.807, 2.05) is 0 Å². The molecule has 0 saturated carbocycles. The normalized spacial score (nSPS) is 12.5. The van der Waals surface area contributed by atoms with E-state index in [-0.39, 0.29) is 5.91 Å². The third-order valence-electron chi connectivity index (χ3n) is 1.61. The second-order valence-corrected chi connectivity index (χ2v) is 3.04. The van der Waals surface area contributed by atoms with Crippen LogP contribution >= 0.6 is 0 Å². The van der Waals surface area contributed by atoms with Crippen molar-refractivity contribution in [3.63, 3.8) is 0 Å². The van der Waals surface area contributed by atoms with Gasteiger partial charge in [0.25, 0.3) is 0 Å². The van der Waals surface area contributed by atoms with Crippen molar-refractivity contribution in [1.82, 2.24) is 5.32 Å². The Balaban J connectivity index is 3.10. The van der Waals surface area contributed by atoms with Crippen LogP contribution in [0, 0.1) is 0 Å². The molecule has 14 heavy (non-hydrogen) atoms. The van der Waals surface area contributed by atoms with Gasteiger partial charge in [0.15, 0.2) is 0 Å². The van der Waals surface area contributed by atoms with Crippen molar-refractivity contribution in [3.05, 3.63) is 0 Å². The summed E-state index contributed by atoms with van der Waals surface area (Å²) in [6, 6.07) is -0.440. The summed E-state index contributed by atoms with van der Waals surface area (Å²) in [7, 11) is 1.63. The number of amides is 1. The molecule has 0 aromatic heterocycles. The van der Waals surface area contributed by atoms with Gasteiger partial charge in [0.1, 0.15) is 0 Å². The highest BCUT2D eigenvalue weighted by Crippen LogP contribution is 1.82. The van der Waals surface area contributed by atoms with Crippen LogP contribution in [0.3, 0.4) is 0 Å². The molecule has 0 heterocycles. The monoisotopic (exact) mass is 204 g/mol. The molecule has 5 heteroatoms. The highest BCUT2D eigenvalue weighted by molar-refractivity contribution is 5.80. The summed E-state index contributed by atoms with van der Waals surface area (Å²) < 4.78 is 10.0. The van der Waals surface area contributed by atoms with Gasteiger partial charge < -0.3 is 20.5 Å². The maximum atomic E-state index is 11.0. The number of hydrogen-bond acceptors (Lipinski definition) is 4. The van der Waals surface area contributed by atoms with Crippen LogP contribution in [0.25, 0.3) is 0 Å². The minimum atomic E-state index is -0.440. The first kappa shape index (κ1) is 13.4. The average Bonchev–Trinajstić information content (AvgIpc) is 2.16. The Morgan fingerprint density at radius 2 is 2.14 bits per heavy atom. The first-order valence-electron chi connectivity index (χ1n) is 4.78. The summed E-state index contributed by atoms with van der Waals surface area (Å²) in [5.74, 6) is -0.123. The van der Waals surface area contributed by atoms with Crippen molar-refractivity contribution in [1.29, 1.82) is 0 Å². The SMILES string of the molecule is COCCOCCCNC(=O)C(C)N. The number of carbonyl (C=O) groups excluding carboxylic acids is 1. The molecule has 1 amide bonds. The standard InChI is InChI=1S/C9H20N2O3/c1-8(10)9(12)11-4-3-5-14-7-6-13-2/h8H,3-7,10H2,1-2H3,(H,11,12). The summed E-state index contributed by atoms with van der Waals surface area (Å²) in [5.41, 5.74) is 5.36. The van der Waals surface area contributed by atoms with Crippen molar-refractivity contribution in [2.24, 2.45) is 5.73 Å². The van der Waals surface area contributed by atoms with Crippen LogP contribution in [-0.2, 0) is 14.3 Å². The molecule has 0 fully saturated rings. The molecule has 0 aliphatic rings. The molecule has 0 aromatic rings. The van der Waals surface area contributed by atoms with E-state index in [2.05, 4.69) is 5.32 Å². The molecular weight excluding hydrogens is 184 g/mol. The van der Waals surface area contributed by atoms with Gasteiger partial charge in [0.2, 0.25) is 5.91 Å². The number of nitrogens with two attached hydrogens (primary N) is 1.